The Bertz CT molecular complexity index is 1030. The third kappa shape index (κ3) is 3.53. The Kier molecular flexibility index (Phi) is 5.16. The Morgan fingerprint density at radius 1 is 1.18 bits per heavy atom. The molecule has 1 aromatic carbocycles. The third-order valence-electron chi connectivity index (χ3n) is 5.36. The number of nitrogens with one attached hydrogen (secondary N) is 1. The second-order valence-electron chi connectivity index (χ2n) is 6.95. The summed E-state index contributed by atoms with van der Waals surface area (Å²) in [7, 11) is 1.69. The molecule has 3 heterocycles. The van der Waals surface area contributed by atoms with Crippen LogP contribution in [0.5, 0.6) is 11.5 Å². The zero-order valence-corrected chi connectivity index (χ0v) is 15.9. The zero-order valence-electron chi connectivity index (χ0n) is 15.9. The van der Waals surface area contributed by atoms with E-state index in [1.54, 1.807) is 25.6 Å². The first-order chi connectivity index (χ1) is 13.7. The topological polar surface area (TPSA) is 81.7 Å². The standard InChI is InChI=1S/C21H24N4O3/c1-28-19-5-3-2-4-18(19)25-12-10-24(11-13-25)9-7-15-20(26)16-14-22-8-6-17(16)23-21(15)27/h2-6,8,14H,7,9-13H2,1H3,(H2,23,26,27). The van der Waals surface area contributed by atoms with Crippen molar-refractivity contribution in [2.24, 2.45) is 0 Å². The Morgan fingerprint density at radius 3 is 2.75 bits per heavy atom. The second kappa shape index (κ2) is 7.90. The number of para-hydroxylation sites is 2. The molecule has 2 N–H and O–H groups in total. The number of piperazine rings is 1. The number of nitrogens with zero attached hydrogens (tertiary/aromatic N) is 3. The highest BCUT2D eigenvalue weighted by Gasteiger charge is 2.20. The molecular formula is C21H24N4O3. The maximum atomic E-state index is 12.4. The number of fused-ring (bicyclic) bond motifs is 1. The highest BCUT2D eigenvalue weighted by atomic mass is 16.5. The Balaban J connectivity index is 1.41. The molecule has 7 heteroatoms. The molecule has 0 spiro atoms. The number of aromatic nitrogens is 2. The van der Waals surface area contributed by atoms with Crippen LogP contribution in [0.25, 0.3) is 10.9 Å². The van der Waals surface area contributed by atoms with E-state index in [2.05, 4.69) is 25.8 Å². The molecule has 0 atom stereocenters. The fraction of sp³-hybridized carbons (Fsp3) is 0.333. The molecule has 1 aliphatic rings. The first-order valence-corrected chi connectivity index (χ1v) is 9.45. The lowest BCUT2D eigenvalue weighted by atomic mass is 10.1. The number of aromatic hydroxyl groups is 1. The van der Waals surface area contributed by atoms with Crippen LogP contribution in [0.2, 0.25) is 0 Å². The second-order valence-corrected chi connectivity index (χ2v) is 6.95. The number of anilines is 1. The summed E-state index contributed by atoms with van der Waals surface area (Å²) in [5.41, 5.74) is 1.91. The third-order valence-corrected chi connectivity index (χ3v) is 5.36. The van der Waals surface area contributed by atoms with Gasteiger partial charge >= 0.3 is 0 Å². The predicted octanol–water partition coefficient (Wildman–Crippen LogP) is 2.00. The molecule has 1 fully saturated rings. The molecule has 7 nitrogen and oxygen atoms in total. The monoisotopic (exact) mass is 380 g/mol. The minimum absolute atomic E-state index is 0.0412. The predicted molar refractivity (Wildman–Crippen MR) is 109 cm³/mol. The van der Waals surface area contributed by atoms with Crippen LogP contribution in [0, 0.1) is 0 Å². The van der Waals surface area contributed by atoms with E-state index in [-0.39, 0.29) is 11.3 Å². The summed E-state index contributed by atoms with van der Waals surface area (Å²) in [6.07, 6.45) is 3.68. The van der Waals surface area contributed by atoms with E-state index < -0.39 is 0 Å². The van der Waals surface area contributed by atoms with Gasteiger partial charge in [-0.3, -0.25) is 14.7 Å². The molecule has 0 amide bonds. The number of hydrogen-bond acceptors (Lipinski definition) is 6. The average Bonchev–Trinajstić information content (AvgIpc) is 2.74. The summed E-state index contributed by atoms with van der Waals surface area (Å²) < 4.78 is 5.47. The van der Waals surface area contributed by atoms with Crippen molar-refractivity contribution in [2.75, 3.05) is 44.7 Å². The number of methoxy groups -OCH3 is 1. The van der Waals surface area contributed by atoms with Gasteiger partial charge in [-0.1, -0.05) is 12.1 Å². The molecule has 0 bridgehead atoms. The van der Waals surface area contributed by atoms with Gasteiger partial charge in [0.05, 0.1) is 29.3 Å². The van der Waals surface area contributed by atoms with Gasteiger partial charge in [0.15, 0.2) is 0 Å². The van der Waals surface area contributed by atoms with Crippen LogP contribution in [0.1, 0.15) is 5.56 Å². The van der Waals surface area contributed by atoms with Crippen LogP contribution in [-0.4, -0.2) is 59.8 Å². The summed E-state index contributed by atoms with van der Waals surface area (Å²) in [6.45, 7) is 4.30. The quantitative estimate of drug-likeness (QED) is 0.705. The van der Waals surface area contributed by atoms with Gasteiger partial charge in [0.2, 0.25) is 0 Å². The lowest BCUT2D eigenvalue weighted by Gasteiger charge is -2.36. The van der Waals surface area contributed by atoms with Crippen molar-refractivity contribution in [1.82, 2.24) is 14.9 Å². The molecule has 3 aromatic rings. The average molecular weight is 380 g/mol. The van der Waals surface area contributed by atoms with Crippen molar-refractivity contribution < 1.29 is 9.84 Å². The van der Waals surface area contributed by atoms with E-state index in [1.165, 1.54) is 0 Å². The number of aromatic amines is 1. The van der Waals surface area contributed by atoms with Gasteiger partial charge in [-0.15, -0.1) is 0 Å². The number of H-pyrrole nitrogens is 1. The summed E-state index contributed by atoms with van der Waals surface area (Å²) in [5, 5.41) is 11.1. The normalized spacial score (nSPS) is 15.1. The van der Waals surface area contributed by atoms with E-state index in [1.807, 2.05) is 18.2 Å². The molecule has 28 heavy (non-hydrogen) atoms. The number of pyridine rings is 2. The van der Waals surface area contributed by atoms with Gasteiger partial charge in [-0.2, -0.15) is 0 Å². The summed E-state index contributed by atoms with van der Waals surface area (Å²) in [6, 6.07) is 9.74. The van der Waals surface area contributed by atoms with Crippen LogP contribution in [0.4, 0.5) is 5.69 Å². The van der Waals surface area contributed by atoms with E-state index in [0.717, 1.165) is 44.2 Å². The smallest absolute Gasteiger partial charge is 0.255 e. The zero-order chi connectivity index (χ0) is 19.5. The Morgan fingerprint density at radius 2 is 1.96 bits per heavy atom. The van der Waals surface area contributed by atoms with Crippen LogP contribution < -0.4 is 15.2 Å². The lowest BCUT2D eigenvalue weighted by molar-refractivity contribution is 0.259. The SMILES string of the molecule is COc1ccccc1N1CCN(CCc2c(O)c3cnccc3[nH]c2=O)CC1. The van der Waals surface area contributed by atoms with Gasteiger partial charge in [0.1, 0.15) is 11.5 Å². The summed E-state index contributed by atoms with van der Waals surface area (Å²) in [5.74, 6) is 0.927. The molecule has 1 saturated heterocycles. The van der Waals surface area contributed by atoms with Crippen molar-refractivity contribution in [3.63, 3.8) is 0 Å². The molecule has 146 valence electrons. The molecule has 0 aliphatic carbocycles. The molecule has 2 aromatic heterocycles. The molecule has 0 radical (unpaired) electrons. The van der Waals surface area contributed by atoms with Crippen molar-refractivity contribution >= 4 is 16.6 Å². The minimum Gasteiger partial charge on any atom is -0.507 e. The highest BCUT2D eigenvalue weighted by molar-refractivity contribution is 5.84. The molecule has 1 aliphatic heterocycles. The fourth-order valence-corrected chi connectivity index (χ4v) is 3.77. The largest absolute Gasteiger partial charge is 0.507 e. The van der Waals surface area contributed by atoms with Gasteiger partial charge in [0.25, 0.3) is 5.56 Å². The van der Waals surface area contributed by atoms with Gasteiger partial charge in [-0.25, -0.2) is 0 Å². The van der Waals surface area contributed by atoms with Crippen molar-refractivity contribution in [1.29, 1.82) is 0 Å². The van der Waals surface area contributed by atoms with Crippen LogP contribution >= 0.6 is 0 Å². The number of hydrogen-bond donors (Lipinski definition) is 2. The maximum absolute atomic E-state index is 12.4. The maximum Gasteiger partial charge on any atom is 0.255 e. The van der Waals surface area contributed by atoms with Crippen LogP contribution in [0.15, 0.2) is 47.5 Å². The van der Waals surface area contributed by atoms with Gasteiger partial charge in [-0.05, 0) is 24.6 Å². The van der Waals surface area contributed by atoms with Crippen LogP contribution in [0.3, 0.4) is 0 Å². The number of benzene rings is 1. The first-order valence-electron chi connectivity index (χ1n) is 9.45. The highest BCUT2D eigenvalue weighted by Crippen LogP contribution is 2.28. The van der Waals surface area contributed by atoms with E-state index in [9.17, 15) is 9.90 Å². The molecule has 0 unspecified atom stereocenters. The molecular weight excluding hydrogens is 356 g/mol. The van der Waals surface area contributed by atoms with E-state index in [4.69, 9.17) is 4.74 Å². The first kappa shape index (κ1) is 18.3. The Labute approximate surface area is 163 Å². The van der Waals surface area contributed by atoms with E-state index in [0.29, 0.717) is 22.9 Å². The number of rotatable bonds is 5. The van der Waals surface area contributed by atoms with E-state index >= 15 is 0 Å². The van der Waals surface area contributed by atoms with Crippen molar-refractivity contribution in [3.8, 4) is 11.5 Å². The Hall–Kier alpha value is -3.06. The van der Waals surface area contributed by atoms with Gasteiger partial charge in [0, 0.05) is 45.1 Å². The van der Waals surface area contributed by atoms with Crippen molar-refractivity contribution in [2.45, 2.75) is 6.42 Å². The summed E-state index contributed by atoms with van der Waals surface area (Å²) >= 11 is 0. The minimum atomic E-state index is -0.233. The summed E-state index contributed by atoms with van der Waals surface area (Å²) in [4.78, 5) is 23.9. The molecule has 4 rings (SSSR count). The number of ether oxygens (including phenoxy) is 1. The van der Waals surface area contributed by atoms with Gasteiger partial charge < -0.3 is 19.7 Å². The van der Waals surface area contributed by atoms with Crippen molar-refractivity contribution in [3.05, 3.63) is 58.6 Å². The van der Waals surface area contributed by atoms with Crippen LogP contribution in [-0.2, 0) is 6.42 Å². The lowest BCUT2D eigenvalue weighted by Crippen LogP contribution is -2.47. The molecule has 0 saturated carbocycles. The fourth-order valence-electron chi connectivity index (χ4n) is 3.77.